The zero-order chi connectivity index (χ0) is 14.9. The number of H-pyrrole nitrogens is 1. The van der Waals surface area contributed by atoms with Crippen LogP contribution in [0, 0.1) is 20.8 Å². The summed E-state index contributed by atoms with van der Waals surface area (Å²) >= 11 is 0. The molecule has 0 aliphatic heterocycles. The molecule has 1 heterocycles. The summed E-state index contributed by atoms with van der Waals surface area (Å²) < 4.78 is 5.64. The number of aromatic amines is 1. The predicted octanol–water partition coefficient (Wildman–Crippen LogP) is 3.96. The van der Waals surface area contributed by atoms with Gasteiger partial charge in [0, 0.05) is 11.3 Å². The molecule has 2 rings (SSSR count). The van der Waals surface area contributed by atoms with Crippen molar-refractivity contribution in [1.29, 1.82) is 0 Å². The van der Waals surface area contributed by atoms with Crippen molar-refractivity contribution < 1.29 is 9.53 Å². The number of aryl methyl sites for hydroxylation is 1. The number of hydrogen-bond donors (Lipinski definition) is 1. The fourth-order valence-corrected chi connectivity index (χ4v) is 2.20. The minimum atomic E-state index is 0.00732. The van der Waals surface area contributed by atoms with E-state index < -0.39 is 0 Å². The smallest absolute Gasteiger partial charge is 0.209 e. The van der Waals surface area contributed by atoms with Gasteiger partial charge in [-0.05, 0) is 57.9 Å². The number of benzene rings is 1. The summed E-state index contributed by atoms with van der Waals surface area (Å²) in [4.78, 5) is 15.8. The SMILES string of the molecule is Cc1[nH]c(C(=O)c2cccc(OC(C)C)c2)c(C)c1C. The summed E-state index contributed by atoms with van der Waals surface area (Å²) in [6, 6.07) is 7.34. The number of ketones is 1. The molecule has 0 saturated heterocycles. The Balaban J connectivity index is 2.36. The van der Waals surface area contributed by atoms with Gasteiger partial charge in [-0.2, -0.15) is 0 Å². The number of aromatic nitrogens is 1. The fraction of sp³-hybridized carbons (Fsp3) is 0.353. The van der Waals surface area contributed by atoms with Gasteiger partial charge in [0.05, 0.1) is 11.8 Å². The summed E-state index contributed by atoms with van der Waals surface area (Å²) in [6.07, 6.45) is 0.0945. The Morgan fingerprint density at radius 1 is 1.15 bits per heavy atom. The van der Waals surface area contributed by atoms with Crippen LogP contribution < -0.4 is 4.74 Å². The summed E-state index contributed by atoms with van der Waals surface area (Å²) in [6.45, 7) is 9.92. The van der Waals surface area contributed by atoms with Gasteiger partial charge >= 0.3 is 0 Å². The van der Waals surface area contributed by atoms with Gasteiger partial charge in [0.25, 0.3) is 0 Å². The summed E-state index contributed by atoms with van der Waals surface area (Å²) in [7, 11) is 0. The molecule has 0 atom stereocenters. The third-order valence-electron chi connectivity index (χ3n) is 3.51. The summed E-state index contributed by atoms with van der Waals surface area (Å²) in [5.41, 5.74) is 4.51. The van der Waals surface area contributed by atoms with Gasteiger partial charge in [0.1, 0.15) is 5.75 Å². The minimum absolute atomic E-state index is 0.00732. The standard InChI is InChI=1S/C17H21NO2/c1-10(2)20-15-8-6-7-14(9-15)17(19)16-12(4)11(3)13(5)18-16/h6-10,18H,1-5H3. The average molecular weight is 271 g/mol. The van der Waals surface area contributed by atoms with Gasteiger partial charge in [-0.1, -0.05) is 12.1 Å². The van der Waals surface area contributed by atoms with Gasteiger partial charge < -0.3 is 9.72 Å². The lowest BCUT2D eigenvalue weighted by Gasteiger charge is -2.10. The van der Waals surface area contributed by atoms with Crippen LogP contribution >= 0.6 is 0 Å². The van der Waals surface area contributed by atoms with Crippen LogP contribution in [0.2, 0.25) is 0 Å². The molecular formula is C17H21NO2. The van der Waals surface area contributed by atoms with E-state index in [1.165, 1.54) is 0 Å². The number of carbonyl (C=O) groups is 1. The molecule has 1 aromatic heterocycles. The molecule has 0 saturated carbocycles. The maximum absolute atomic E-state index is 12.6. The van der Waals surface area contributed by atoms with Crippen molar-refractivity contribution in [2.45, 2.75) is 40.7 Å². The van der Waals surface area contributed by atoms with Gasteiger partial charge in [-0.3, -0.25) is 4.79 Å². The van der Waals surface area contributed by atoms with Crippen molar-refractivity contribution in [3.05, 3.63) is 52.3 Å². The van der Waals surface area contributed by atoms with E-state index >= 15 is 0 Å². The molecule has 20 heavy (non-hydrogen) atoms. The number of rotatable bonds is 4. The van der Waals surface area contributed by atoms with Crippen LogP contribution in [0.15, 0.2) is 24.3 Å². The van der Waals surface area contributed by atoms with E-state index in [0.29, 0.717) is 11.3 Å². The highest BCUT2D eigenvalue weighted by Gasteiger charge is 2.17. The lowest BCUT2D eigenvalue weighted by molar-refractivity contribution is 0.103. The second-order valence-electron chi connectivity index (χ2n) is 5.40. The second-order valence-corrected chi connectivity index (χ2v) is 5.40. The average Bonchev–Trinajstić information content (AvgIpc) is 2.65. The monoisotopic (exact) mass is 271 g/mol. The molecule has 2 aromatic rings. The first kappa shape index (κ1) is 14.4. The van der Waals surface area contributed by atoms with Crippen LogP contribution in [0.25, 0.3) is 0 Å². The maximum atomic E-state index is 12.6. The molecule has 0 radical (unpaired) electrons. The van der Waals surface area contributed by atoms with E-state index in [9.17, 15) is 4.79 Å². The van der Waals surface area contributed by atoms with Crippen LogP contribution in [0.3, 0.4) is 0 Å². The van der Waals surface area contributed by atoms with Crippen molar-refractivity contribution in [3.63, 3.8) is 0 Å². The zero-order valence-electron chi connectivity index (χ0n) is 12.7. The first-order chi connectivity index (χ1) is 9.40. The lowest BCUT2D eigenvalue weighted by Crippen LogP contribution is -2.08. The molecule has 0 unspecified atom stereocenters. The summed E-state index contributed by atoms with van der Waals surface area (Å²) in [5, 5.41) is 0. The van der Waals surface area contributed by atoms with E-state index in [2.05, 4.69) is 4.98 Å². The van der Waals surface area contributed by atoms with Crippen LogP contribution in [0.4, 0.5) is 0 Å². The molecule has 0 fully saturated rings. The quantitative estimate of drug-likeness (QED) is 0.855. The molecule has 0 bridgehead atoms. The Morgan fingerprint density at radius 3 is 2.40 bits per heavy atom. The summed E-state index contributed by atoms with van der Waals surface area (Å²) in [5.74, 6) is 0.733. The van der Waals surface area contributed by atoms with Gasteiger partial charge in [0.15, 0.2) is 0 Å². The molecule has 3 nitrogen and oxygen atoms in total. The highest BCUT2D eigenvalue weighted by molar-refractivity contribution is 6.09. The largest absolute Gasteiger partial charge is 0.491 e. The van der Waals surface area contributed by atoms with Crippen LogP contribution in [0.5, 0.6) is 5.75 Å². The van der Waals surface area contributed by atoms with E-state index in [0.717, 1.165) is 22.6 Å². The van der Waals surface area contributed by atoms with E-state index in [-0.39, 0.29) is 11.9 Å². The Labute approximate surface area is 120 Å². The zero-order valence-corrected chi connectivity index (χ0v) is 12.7. The number of hydrogen-bond acceptors (Lipinski definition) is 2. The van der Waals surface area contributed by atoms with E-state index in [4.69, 9.17) is 4.74 Å². The molecule has 106 valence electrons. The predicted molar refractivity (Wildman–Crippen MR) is 80.6 cm³/mol. The van der Waals surface area contributed by atoms with Crippen molar-refractivity contribution in [2.24, 2.45) is 0 Å². The molecule has 0 aliphatic rings. The van der Waals surface area contributed by atoms with Crippen molar-refractivity contribution in [2.75, 3.05) is 0 Å². The fourth-order valence-electron chi connectivity index (χ4n) is 2.20. The number of nitrogens with one attached hydrogen (secondary N) is 1. The van der Waals surface area contributed by atoms with E-state index in [1.54, 1.807) is 6.07 Å². The van der Waals surface area contributed by atoms with Crippen LogP contribution in [-0.2, 0) is 0 Å². The molecule has 0 aliphatic carbocycles. The van der Waals surface area contributed by atoms with Gasteiger partial charge in [0.2, 0.25) is 5.78 Å². The topological polar surface area (TPSA) is 42.1 Å². The maximum Gasteiger partial charge on any atom is 0.209 e. The van der Waals surface area contributed by atoms with Crippen molar-refractivity contribution in [3.8, 4) is 5.75 Å². The molecule has 3 heteroatoms. The van der Waals surface area contributed by atoms with Gasteiger partial charge in [-0.25, -0.2) is 0 Å². The highest BCUT2D eigenvalue weighted by atomic mass is 16.5. The molecule has 1 aromatic carbocycles. The molecular weight excluding hydrogens is 250 g/mol. The van der Waals surface area contributed by atoms with Crippen molar-refractivity contribution >= 4 is 5.78 Å². The minimum Gasteiger partial charge on any atom is -0.491 e. The molecule has 0 amide bonds. The Bertz CT molecular complexity index is 638. The van der Waals surface area contributed by atoms with Crippen molar-refractivity contribution in [1.82, 2.24) is 4.98 Å². The van der Waals surface area contributed by atoms with E-state index in [1.807, 2.05) is 52.8 Å². The lowest BCUT2D eigenvalue weighted by atomic mass is 10.0. The highest BCUT2D eigenvalue weighted by Crippen LogP contribution is 2.22. The molecule has 0 spiro atoms. The first-order valence-corrected chi connectivity index (χ1v) is 6.87. The van der Waals surface area contributed by atoms with Crippen LogP contribution in [0.1, 0.15) is 46.7 Å². The number of ether oxygens (including phenoxy) is 1. The molecule has 1 N–H and O–H groups in total. The Kier molecular flexibility index (Phi) is 3.98. The number of carbonyl (C=O) groups excluding carboxylic acids is 1. The Morgan fingerprint density at radius 2 is 1.85 bits per heavy atom. The second kappa shape index (κ2) is 5.53. The Hall–Kier alpha value is -2.03. The normalized spacial score (nSPS) is 10.9. The third kappa shape index (κ3) is 2.77. The van der Waals surface area contributed by atoms with Gasteiger partial charge in [-0.15, -0.1) is 0 Å². The first-order valence-electron chi connectivity index (χ1n) is 6.87. The third-order valence-corrected chi connectivity index (χ3v) is 3.51. The van der Waals surface area contributed by atoms with Crippen LogP contribution in [-0.4, -0.2) is 16.9 Å².